The molecule has 0 unspecified atom stereocenters. The van der Waals surface area contributed by atoms with Crippen molar-refractivity contribution >= 4 is 276 Å². The first-order valence-corrected chi connectivity index (χ1v) is 31.5. The monoisotopic (exact) mass is 1620 g/mol. The third-order valence-electron chi connectivity index (χ3n) is 13.1. The smallest absolute Gasteiger partial charge is 0.451 e. The van der Waals surface area contributed by atoms with Crippen LogP contribution in [0, 0.1) is 0 Å². The zero-order valence-electron chi connectivity index (χ0n) is 42.4. The molecule has 8 bridgehead atoms. The van der Waals surface area contributed by atoms with Gasteiger partial charge >= 0.3 is 19.5 Å². The molecular weight excluding hydrogens is 1620 g/mol. The largest absolute Gasteiger partial charge is 2.00 e. The van der Waals surface area contributed by atoms with E-state index in [0.29, 0.717) is 0 Å². The van der Waals surface area contributed by atoms with Gasteiger partial charge in [0.05, 0.1) is 104 Å². The van der Waals surface area contributed by atoms with E-state index in [1.54, 1.807) is 24.3 Å². The standard InChI is InChI=1S/C56H12Cl20N8O4.Zn/c57-13-5-1-6-14(58)41(13)85-45-33(69)25-21(29(65)37(45)73)49-77-50-22-27(35(71)47(38(74)30(22)66)87-43-17(61)9-3-10-18(43)62)55(79-50)84-56-28-24(32(68)40(76)48(36(28)72)88-44-19(63)11-4-12-20(44)64)52(83-56)82-54-26-23(51(81-54)80-53(25)78-49)31(67)39(75)46(34(26)70)86-42-15(59)7-2-8-16(42)60;/h1-12H;/q-2;+2. The van der Waals surface area contributed by atoms with Crippen LogP contribution in [0.25, 0.3) is 89.7 Å². The Bertz CT molecular complexity index is 5090. The Morgan fingerprint density at radius 3 is 0.674 bits per heavy atom. The van der Waals surface area contributed by atoms with Crippen LogP contribution in [0.5, 0.6) is 46.0 Å². The van der Waals surface area contributed by atoms with Gasteiger partial charge in [-0.3, -0.25) is 0 Å². The van der Waals surface area contributed by atoms with Gasteiger partial charge in [0.2, 0.25) is 0 Å². The third-order valence-corrected chi connectivity index (χ3v) is 20.3. The molecule has 0 amide bonds. The van der Waals surface area contributed by atoms with Gasteiger partial charge in [-0.2, -0.15) is 0 Å². The van der Waals surface area contributed by atoms with E-state index >= 15 is 0 Å². The third kappa shape index (κ3) is 11.1. The molecule has 12 nitrogen and oxygen atoms in total. The summed E-state index contributed by atoms with van der Waals surface area (Å²) < 4.78 is 25.2. The molecule has 5 heterocycles. The first-order valence-electron chi connectivity index (χ1n) is 24.0. The maximum atomic E-state index is 7.44. The van der Waals surface area contributed by atoms with E-state index in [9.17, 15) is 0 Å². The van der Waals surface area contributed by atoms with E-state index in [0.717, 1.165) is 0 Å². The second kappa shape index (κ2) is 25.5. The number of fused-ring (bicyclic) bond motifs is 20. The molecule has 0 N–H and O–H groups in total. The normalized spacial score (nSPS) is 11.7. The average Bonchev–Trinajstić information content (AvgIpc) is 1.61. The number of rotatable bonds is 8. The molecule has 442 valence electrons. The van der Waals surface area contributed by atoms with Crippen LogP contribution >= 0.6 is 232 Å². The Labute approximate surface area is 612 Å². The fourth-order valence-electron chi connectivity index (χ4n) is 9.22. The van der Waals surface area contributed by atoms with Gasteiger partial charge in [-0.1, -0.05) is 256 Å². The Kier molecular flexibility index (Phi) is 18.8. The van der Waals surface area contributed by atoms with Gasteiger partial charge in [0, 0.05) is 66.4 Å². The van der Waals surface area contributed by atoms with Gasteiger partial charge in [-0.25, -0.2) is 9.97 Å². The topological polar surface area (TPSA) is 142 Å². The summed E-state index contributed by atoms with van der Waals surface area (Å²) in [6, 6.07) is 18.6. The van der Waals surface area contributed by atoms with E-state index < -0.39 is 0 Å². The van der Waals surface area contributed by atoms with Crippen molar-refractivity contribution in [1.29, 1.82) is 0 Å². The number of ether oxygens (including phenoxy) is 4. The second-order valence-corrected chi connectivity index (χ2v) is 26.0. The molecule has 0 radical (unpaired) electrons. The van der Waals surface area contributed by atoms with Crippen molar-refractivity contribution in [3.05, 3.63) is 173 Å². The van der Waals surface area contributed by atoms with Gasteiger partial charge in [-0.15, -0.1) is 0 Å². The Morgan fingerprint density at radius 1 is 0.225 bits per heavy atom. The molecule has 0 spiro atoms. The summed E-state index contributed by atoms with van der Waals surface area (Å²) in [5.74, 6) is -2.24. The molecule has 0 atom stereocenters. The summed E-state index contributed by atoms with van der Waals surface area (Å²) in [6.45, 7) is 0. The Hall–Kier alpha value is -3.26. The molecule has 11 aromatic rings. The van der Waals surface area contributed by atoms with E-state index in [4.69, 9.17) is 291 Å². The van der Waals surface area contributed by atoms with Crippen LogP contribution in [0.1, 0.15) is 0 Å². The van der Waals surface area contributed by atoms with Crippen LogP contribution in [0.15, 0.2) is 72.8 Å². The van der Waals surface area contributed by atoms with Crippen LogP contribution in [0.3, 0.4) is 0 Å². The molecule has 33 heteroatoms. The summed E-state index contributed by atoms with van der Waals surface area (Å²) >= 11 is 140. The van der Waals surface area contributed by atoms with Crippen LogP contribution < -0.4 is 28.9 Å². The number of para-hydroxylation sites is 4. The van der Waals surface area contributed by atoms with E-state index in [-0.39, 0.29) is 256 Å². The predicted molar refractivity (Wildman–Crippen MR) is 360 cm³/mol. The van der Waals surface area contributed by atoms with Crippen molar-refractivity contribution in [3.8, 4) is 91.5 Å². The fraction of sp³-hybridized carbons (Fsp3) is 0. The molecule has 2 aliphatic rings. The SMILES string of the molecule is Clc1cccc(Cl)c1Oc1c(Cl)c(Cl)c2c(c1Cl)-c1nc-2nc2[n-]c(nc3nc(nc4[n-]c(n1)c1c(Cl)c(Cl)c(Oc5c(Cl)cccc5Cl)c(Cl)c41)-c1c(Cl)c(Cl)c(Oc4c(Cl)cccc4Cl)c(Cl)c1-3)c1c(Cl)c(Oc3c(Cl)cccc3Cl)c(Cl)c(Cl)c21.[Zn+2]. The maximum Gasteiger partial charge on any atom is 2.00 e. The van der Waals surface area contributed by atoms with Crippen molar-refractivity contribution < 1.29 is 38.4 Å². The van der Waals surface area contributed by atoms with Gasteiger partial charge < -0.3 is 48.9 Å². The van der Waals surface area contributed by atoms with Crippen molar-refractivity contribution in [2.75, 3.05) is 0 Å². The summed E-state index contributed by atoms with van der Waals surface area (Å²) in [5, 5.41) is -2.60. The average molecular weight is 1640 g/mol. The Balaban J connectivity index is 0.00000769. The van der Waals surface area contributed by atoms with Crippen LogP contribution in [-0.2, 0) is 19.5 Å². The molecule has 3 aromatic heterocycles. The molecule has 0 saturated heterocycles. The molecule has 89 heavy (non-hydrogen) atoms. The number of aromatic nitrogens is 8. The number of halogens is 20. The van der Waals surface area contributed by atoms with Crippen LogP contribution in [-0.4, -0.2) is 29.9 Å². The summed E-state index contributed by atoms with van der Waals surface area (Å²) in [7, 11) is 0. The van der Waals surface area contributed by atoms with Crippen molar-refractivity contribution in [2.24, 2.45) is 0 Å². The molecule has 13 rings (SSSR count). The molecule has 2 aliphatic heterocycles. The number of hydrogen-bond acceptors (Lipinski definition) is 10. The molecule has 0 aliphatic carbocycles. The van der Waals surface area contributed by atoms with E-state index in [1.165, 1.54) is 48.5 Å². The summed E-state index contributed by atoms with van der Waals surface area (Å²) in [5.41, 5.74) is -1.27. The van der Waals surface area contributed by atoms with E-state index in [1.807, 2.05) is 0 Å². The first kappa shape index (κ1) is 65.8. The zero-order chi connectivity index (χ0) is 62.4. The zero-order valence-corrected chi connectivity index (χ0v) is 60.5. The fourth-order valence-corrected chi connectivity index (χ4v) is 14.5. The predicted octanol–water partition coefficient (Wildman–Crippen LogP) is 26.4. The minimum Gasteiger partial charge on any atom is -0.451 e. The molecule has 8 aromatic carbocycles. The number of benzene rings is 8. The van der Waals surface area contributed by atoms with Gasteiger partial charge in [-0.05, 0) is 48.5 Å². The minimum absolute atomic E-state index is 0. The summed E-state index contributed by atoms with van der Waals surface area (Å²) in [4.78, 5) is 39.6. The van der Waals surface area contributed by atoms with Gasteiger partial charge in [0.1, 0.15) is 20.1 Å². The number of hydrogen-bond donors (Lipinski definition) is 0. The van der Waals surface area contributed by atoms with Crippen molar-refractivity contribution in [2.45, 2.75) is 0 Å². The van der Waals surface area contributed by atoms with E-state index in [2.05, 4.69) is 0 Å². The van der Waals surface area contributed by atoms with Gasteiger partial charge in [0.25, 0.3) is 0 Å². The quantitative estimate of drug-likeness (QED) is 0.106. The maximum absolute atomic E-state index is 7.44. The van der Waals surface area contributed by atoms with Crippen molar-refractivity contribution in [1.82, 2.24) is 39.9 Å². The summed E-state index contributed by atoms with van der Waals surface area (Å²) in [6.07, 6.45) is 0. The molecule has 0 fully saturated rings. The minimum atomic E-state index is -0.276. The van der Waals surface area contributed by atoms with Gasteiger partial charge in [0.15, 0.2) is 46.0 Å². The van der Waals surface area contributed by atoms with Crippen LogP contribution in [0.2, 0.25) is 100 Å². The second-order valence-electron chi connectivity index (χ2n) is 18.2. The molecule has 0 saturated carbocycles. The molecular formula is C56H12Cl20N8O4Zn. The first-order chi connectivity index (χ1) is 41.9. The van der Waals surface area contributed by atoms with Crippen LogP contribution in [0.4, 0.5) is 0 Å². The Morgan fingerprint density at radius 2 is 0.427 bits per heavy atom. The van der Waals surface area contributed by atoms with Crippen molar-refractivity contribution in [3.63, 3.8) is 0 Å². The number of nitrogens with zero attached hydrogens (tertiary/aromatic N) is 8.